The summed E-state index contributed by atoms with van der Waals surface area (Å²) in [5.41, 5.74) is 6.11. The van der Waals surface area contributed by atoms with Gasteiger partial charge in [-0.25, -0.2) is 4.98 Å². The van der Waals surface area contributed by atoms with Crippen molar-refractivity contribution in [1.29, 1.82) is 5.41 Å². The fourth-order valence-electron chi connectivity index (χ4n) is 3.84. The summed E-state index contributed by atoms with van der Waals surface area (Å²) < 4.78 is 5.79. The Morgan fingerprint density at radius 3 is 2.20 bits per heavy atom. The van der Waals surface area contributed by atoms with Crippen molar-refractivity contribution in [2.24, 2.45) is 5.73 Å². The van der Waals surface area contributed by atoms with Crippen molar-refractivity contribution in [3.63, 3.8) is 0 Å². The van der Waals surface area contributed by atoms with Gasteiger partial charge in [0.15, 0.2) is 0 Å². The van der Waals surface area contributed by atoms with Crippen LogP contribution in [0, 0.1) is 5.41 Å². The Morgan fingerprint density at radius 2 is 1.59 bits per heavy atom. The van der Waals surface area contributed by atoms with Crippen LogP contribution < -0.4 is 21.1 Å². The van der Waals surface area contributed by atoms with Crippen LogP contribution in [0.5, 0.6) is 11.8 Å². The van der Waals surface area contributed by atoms with E-state index in [1.165, 1.54) is 20.0 Å². The summed E-state index contributed by atoms with van der Waals surface area (Å²) in [6.07, 6.45) is 1.30. The lowest BCUT2D eigenvalue weighted by Gasteiger charge is -2.24. The molecule has 5 N–H and O–H groups in total. The summed E-state index contributed by atoms with van der Waals surface area (Å²) in [6, 6.07) is 23.2. The highest BCUT2D eigenvalue weighted by molar-refractivity contribution is 6.31. The van der Waals surface area contributed by atoms with Gasteiger partial charge < -0.3 is 26.5 Å². The summed E-state index contributed by atoms with van der Waals surface area (Å²) >= 11 is 12.0. The molecule has 9 nitrogen and oxygen atoms in total. The molecule has 2 amide bonds. The maximum atomic E-state index is 13.2. The molecule has 0 saturated carbocycles. The minimum atomic E-state index is -1.32. The average molecular weight is 591 g/mol. The van der Waals surface area contributed by atoms with Crippen molar-refractivity contribution < 1.29 is 14.3 Å². The zero-order chi connectivity index (χ0) is 29.6. The maximum absolute atomic E-state index is 13.2. The van der Waals surface area contributed by atoms with E-state index >= 15 is 0 Å². The lowest BCUT2D eigenvalue weighted by Crippen LogP contribution is -2.53. The molecule has 4 rings (SSSR count). The largest absolute Gasteiger partial charge is 0.424 e. The van der Waals surface area contributed by atoms with Gasteiger partial charge in [-0.1, -0.05) is 65.7 Å². The summed E-state index contributed by atoms with van der Waals surface area (Å²) in [5.74, 6) is -1.15. The Hall–Kier alpha value is -4.47. The summed E-state index contributed by atoms with van der Waals surface area (Å²) in [6.45, 7) is 3.19. The van der Waals surface area contributed by atoms with E-state index in [0.29, 0.717) is 27.1 Å². The number of carbonyl (C=O) groups excluding carboxylic acids is 2. The number of nitrogens with zero attached hydrogens (tertiary/aromatic N) is 2. The van der Waals surface area contributed by atoms with E-state index in [2.05, 4.69) is 20.6 Å². The number of hydrogen-bond donors (Lipinski definition) is 4. The number of anilines is 1. The van der Waals surface area contributed by atoms with Gasteiger partial charge >= 0.3 is 6.01 Å². The molecule has 41 heavy (non-hydrogen) atoms. The molecule has 0 aliphatic heterocycles. The summed E-state index contributed by atoms with van der Waals surface area (Å²) in [4.78, 5) is 33.7. The maximum Gasteiger partial charge on any atom is 0.323 e. The lowest BCUT2D eigenvalue weighted by atomic mass is 9.90. The van der Waals surface area contributed by atoms with Crippen LogP contribution in [0.2, 0.25) is 10.0 Å². The Kier molecular flexibility index (Phi) is 9.21. The third-order valence-corrected chi connectivity index (χ3v) is 6.76. The number of nitrogens with two attached hydrogens (primary N) is 1. The molecule has 3 aromatic carbocycles. The zero-order valence-corrected chi connectivity index (χ0v) is 23.8. The summed E-state index contributed by atoms with van der Waals surface area (Å²) in [5, 5.41) is 15.9. The van der Waals surface area contributed by atoms with Crippen molar-refractivity contribution in [2.45, 2.75) is 25.3 Å². The number of benzene rings is 3. The molecule has 0 bridgehead atoms. The monoisotopic (exact) mass is 590 g/mol. The van der Waals surface area contributed by atoms with Crippen LogP contribution >= 0.6 is 23.2 Å². The predicted octanol–water partition coefficient (Wildman–Crippen LogP) is 5.83. The highest BCUT2D eigenvalue weighted by atomic mass is 35.5. The van der Waals surface area contributed by atoms with E-state index in [9.17, 15) is 9.59 Å². The van der Waals surface area contributed by atoms with E-state index in [0.717, 1.165) is 5.56 Å². The number of carbonyl (C=O) groups is 2. The second-order valence-corrected chi connectivity index (χ2v) is 10.6. The van der Waals surface area contributed by atoms with Crippen LogP contribution in [0.4, 0.5) is 5.82 Å². The molecule has 0 saturated heterocycles. The lowest BCUT2D eigenvalue weighted by molar-refractivity contribution is -0.122. The molecule has 0 fully saturated rings. The molecule has 0 spiro atoms. The molecule has 4 aromatic rings. The van der Waals surface area contributed by atoms with Gasteiger partial charge in [-0.05, 0) is 61.4 Å². The second-order valence-electron chi connectivity index (χ2n) is 9.68. The fourth-order valence-corrected chi connectivity index (χ4v) is 4.09. The fraction of sp³-hybridized carbons (Fsp3) is 0.167. The van der Waals surface area contributed by atoms with Gasteiger partial charge in [-0.15, -0.1) is 0 Å². The molecular formula is C30H28Cl2N6O3. The normalized spacial score (nSPS) is 11.8. The minimum absolute atomic E-state index is 0.0235. The molecule has 1 unspecified atom stereocenters. The van der Waals surface area contributed by atoms with Crippen molar-refractivity contribution in [1.82, 2.24) is 15.3 Å². The molecule has 0 aliphatic carbocycles. The first-order valence-electron chi connectivity index (χ1n) is 12.6. The van der Waals surface area contributed by atoms with Crippen LogP contribution in [0.25, 0.3) is 0 Å². The molecule has 1 heterocycles. The van der Waals surface area contributed by atoms with Crippen LogP contribution in [-0.2, 0) is 4.79 Å². The van der Waals surface area contributed by atoms with Crippen molar-refractivity contribution in [3.05, 3.63) is 112 Å². The Bertz CT molecular complexity index is 1550. The SMILES string of the molecule is CC(C)(NC(=O)c1cnc(Oc2ccc(Cl)cc2)nc1NCC(C(=N)c1ccc(Cl)cc1)c1ccccc1)C(N)=O. The van der Waals surface area contributed by atoms with Gasteiger partial charge in [0.1, 0.15) is 22.7 Å². The first-order valence-corrected chi connectivity index (χ1v) is 13.3. The number of primary amides is 1. The number of halogens is 2. The Morgan fingerprint density at radius 1 is 0.976 bits per heavy atom. The number of hydrogen-bond acceptors (Lipinski definition) is 7. The Labute approximate surface area is 247 Å². The van der Waals surface area contributed by atoms with Crippen molar-refractivity contribution in [2.75, 3.05) is 11.9 Å². The topological polar surface area (TPSA) is 143 Å². The highest BCUT2D eigenvalue weighted by Crippen LogP contribution is 2.26. The third kappa shape index (κ3) is 7.59. The molecule has 1 atom stereocenters. The summed E-state index contributed by atoms with van der Waals surface area (Å²) in [7, 11) is 0. The standard InChI is InChI=1S/C30H28Cl2N6O3/c1-30(2,28(34)40)38-27(39)24-17-36-29(41-22-14-12-21(32)13-15-22)37-26(24)35-16-23(18-6-4-3-5-7-18)25(33)19-8-10-20(31)11-9-19/h3-15,17,23,33H,16H2,1-2H3,(H2,34,40)(H,38,39)(H,35,36,37). The van der Waals surface area contributed by atoms with E-state index in [4.69, 9.17) is 39.1 Å². The number of nitrogens with one attached hydrogen (secondary N) is 3. The number of aromatic nitrogens is 2. The molecule has 0 aliphatic rings. The quantitative estimate of drug-likeness (QED) is 0.162. The van der Waals surface area contributed by atoms with Gasteiger partial charge in [-0.2, -0.15) is 4.98 Å². The van der Waals surface area contributed by atoms with Gasteiger partial charge in [-0.3, -0.25) is 9.59 Å². The second kappa shape index (κ2) is 12.8. The number of ether oxygens (including phenoxy) is 1. The van der Waals surface area contributed by atoms with Gasteiger partial charge in [0.2, 0.25) is 5.91 Å². The molecule has 1 aromatic heterocycles. The van der Waals surface area contributed by atoms with Gasteiger partial charge in [0.25, 0.3) is 5.91 Å². The van der Waals surface area contributed by atoms with Crippen LogP contribution in [0.3, 0.4) is 0 Å². The van der Waals surface area contributed by atoms with E-state index in [1.54, 1.807) is 48.5 Å². The predicted molar refractivity (Wildman–Crippen MR) is 160 cm³/mol. The Balaban J connectivity index is 1.68. The third-order valence-electron chi connectivity index (χ3n) is 6.26. The van der Waals surface area contributed by atoms with E-state index in [-0.39, 0.29) is 23.9 Å². The first kappa shape index (κ1) is 29.5. The van der Waals surface area contributed by atoms with Gasteiger partial charge in [0.05, 0.1) is 0 Å². The molecule has 0 radical (unpaired) electrons. The van der Waals surface area contributed by atoms with Crippen LogP contribution in [0.15, 0.2) is 85.1 Å². The van der Waals surface area contributed by atoms with Crippen LogP contribution in [0.1, 0.15) is 41.3 Å². The van der Waals surface area contributed by atoms with Crippen LogP contribution in [-0.4, -0.2) is 39.6 Å². The van der Waals surface area contributed by atoms with Crippen molar-refractivity contribution >= 4 is 46.5 Å². The highest BCUT2D eigenvalue weighted by Gasteiger charge is 2.29. The smallest absolute Gasteiger partial charge is 0.323 e. The molecule has 11 heteroatoms. The number of rotatable bonds is 11. The molecule has 210 valence electrons. The first-order chi connectivity index (χ1) is 19.5. The minimum Gasteiger partial charge on any atom is -0.424 e. The number of amides is 2. The van der Waals surface area contributed by atoms with E-state index < -0.39 is 23.3 Å². The zero-order valence-electron chi connectivity index (χ0n) is 22.3. The van der Waals surface area contributed by atoms with Gasteiger partial charge in [0, 0.05) is 34.4 Å². The molecular weight excluding hydrogens is 563 g/mol. The van der Waals surface area contributed by atoms with Crippen molar-refractivity contribution in [3.8, 4) is 11.8 Å². The van der Waals surface area contributed by atoms with E-state index in [1.807, 2.05) is 30.3 Å². The average Bonchev–Trinajstić information content (AvgIpc) is 2.95.